The van der Waals surface area contributed by atoms with E-state index in [1.54, 1.807) is 50.2 Å². The van der Waals surface area contributed by atoms with Crippen LogP contribution in [0.3, 0.4) is 0 Å². The van der Waals surface area contributed by atoms with Crippen molar-refractivity contribution in [2.24, 2.45) is 0 Å². The number of benzene rings is 2. The van der Waals surface area contributed by atoms with Crippen molar-refractivity contribution in [2.75, 3.05) is 5.75 Å². The number of nitrogens with one attached hydrogen (secondary N) is 3. The molecule has 1 saturated heterocycles. The minimum Gasteiger partial charge on any atom is -0.350 e. The van der Waals surface area contributed by atoms with Gasteiger partial charge in [-0.05, 0) is 49.1 Å². The van der Waals surface area contributed by atoms with E-state index in [0.29, 0.717) is 17.7 Å². The maximum absolute atomic E-state index is 13.0. The van der Waals surface area contributed by atoms with Crippen molar-refractivity contribution in [1.29, 1.82) is 0 Å². The van der Waals surface area contributed by atoms with Crippen LogP contribution in [0.1, 0.15) is 30.5 Å². The van der Waals surface area contributed by atoms with Crippen LogP contribution in [0.4, 0.5) is 4.39 Å². The summed E-state index contributed by atoms with van der Waals surface area (Å²) in [4.78, 5) is 24.9. The van der Waals surface area contributed by atoms with Gasteiger partial charge in [-0.1, -0.05) is 36.4 Å². The lowest BCUT2D eigenvalue weighted by molar-refractivity contribution is -0.128. The molecule has 1 aliphatic heterocycles. The second kappa shape index (κ2) is 11.1. The Morgan fingerprint density at radius 2 is 1.70 bits per heavy atom. The predicted octanol–water partition coefficient (Wildman–Crippen LogP) is 2.11. The van der Waals surface area contributed by atoms with Crippen LogP contribution in [-0.4, -0.2) is 43.3 Å². The topological polar surface area (TPSA) is 104 Å². The molecule has 0 spiro atoms. The standard InChI is InChI=1S/C23H28FN3O4S2/c1-15(2)27-33(30,31)14-18-5-3-17(4-6-18)12-25-22(28)20-13-32-21(23(29)26-20)11-16-7-9-19(24)10-8-16/h3-10,15,20-21,27H,11-14H2,1-2H3,(H,25,28)(H,26,29)/t20-,21+/m1/s1. The van der Waals surface area contributed by atoms with Crippen LogP contribution >= 0.6 is 11.8 Å². The lowest BCUT2D eigenvalue weighted by atomic mass is 10.1. The summed E-state index contributed by atoms with van der Waals surface area (Å²) >= 11 is 1.41. The summed E-state index contributed by atoms with van der Waals surface area (Å²) in [7, 11) is -3.40. The van der Waals surface area contributed by atoms with E-state index in [2.05, 4.69) is 15.4 Å². The zero-order chi connectivity index (χ0) is 24.0. The smallest absolute Gasteiger partial charge is 0.243 e. The third kappa shape index (κ3) is 7.83. The molecule has 2 amide bonds. The van der Waals surface area contributed by atoms with Crippen molar-refractivity contribution >= 4 is 33.6 Å². The summed E-state index contributed by atoms with van der Waals surface area (Å²) in [5.41, 5.74) is 2.34. The Morgan fingerprint density at radius 1 is 1.09 bits per heavy atom. The van der Waals surface area contributed by atoms with Crippen LogP contribution in [0.15, 0.2) is 48.5 Å². The summed E-state index contributed by atoms with van der Waals surface area (Å²) < 4.78 is 39.7. The molecule has 1 heterocycles. The van der Waals surface area contributed by atoms with E-state index in [1.807, 2.05) is 0 Å². The highest BCUT2D eigenvalue weighted by Gasteiger charge is 2.32. The van der Waals surface area contributed by atoms with E-state index >= 15 is 0 Å². The van der Waals surface area contributed by atoms with Gasteiger partial charge < -0.3 is 10.6 Å². The van der Waals surface area contributed by atoms with Crippen molar-refractivity contribution < 1.29 is 22.4 Å². The number of sulfonamides is 1. The van der Waals surface area contributed by atoms with Gasteiger partial charge in [0.05, 0.1) is 11.0 Å². The molecule has 178 valence electrons. The predicted molar refractivity (Wildman–Crippen MR) is 127 cm³/mol. The quantitative estimate of drug-likeness (QED) is 0.496. The first-order valence-corrected chi connectivity index (χ1v) is 13.3. The summed E-state index contributed by atoms with van der Waals surface area (Å²) in [5.74, 6) is -0.468. The average molecular weight is 494 g/mol. The third-order valence-corrected chi connectivity index (χ3v) is 7.84. The number of hydrogen-bond acceptors (Lipinski definition) is 5. The van der Waals surface area contributed by atoms with Gasteiger partial charge in [0.2, 0.25) is 21.8 Å². The molecule has 3 N–H and O–H groups in total. The summed E-state index contributed by atoms with van der Waals surface area (Å²) in [5, 5.41) is 5.25. The minimum absolute atomic E-state index is 0.109. The zero-order valence-corrected chi connectivity index (χ0v) is 20.1. The van der Waals surface area contributed by atoms with E-state index in [1.165, 1.54) is 23.9 Å². The molecular weight excluding hydrogens is 465 g/mol. The molecule has 2 atom stereocenters. The van der Waals surface area contributed by atoms with E-state index in [9.17, 15) is 22.4 Å². The number of amides is 2. The second-order valence-corrected chi connectivity index (χ2v) is 11.3. The molecule has 0 radical (unpaired) electrons. The van der Waals surface area contributed by atoms with E-state index in [4.69, 9.17) is 0 Å². The number of rotatable bonds is 9. The van der Waals surface area contributed by atoms with E-state index < -0.39 is 16.1 Å². The van der Waals surface area contributed by atoms with Crippen molar-refractivity contribution in [1.82, 2.24) is 15.4 Å². The highest BCUT2D eigenvalue weighted by Crippen LogP contribution is 2.22. The van der Waals surface area contributed by atoms with Crippen molar-refractivity contribution in [2.45, 2.75) is 49.9 Å². The Balaban J connectivity index is 1.46. The van der Waals surface area contributed by atoms with Crippen molar-refractivity contribution in [3.05, 3.63) is 71.0 Å². The zero-order valence-electron chi connectivity index (χ0n) is 18.5. The molecule has 33 heavy (non-hydrogen) atoms. The summed E-state index contributed by atoms with van der Waals surface area (Å²) in [6.07, 6.45) is 0.472. The first kappa shape index (κ1) is 25.2. The molecule has 0 saturated carbocycles. The molecule has 0 bridgehead atoms. The third-order valence-electron chi connectivity index (χ3n) is 4.99. The van der Waals surface area contributed by atoms with Crippen molar-refractivity contribution in [3.8, 4) is 0 Å². The second-order valence-electron chi connectivity index (χ2n) is 8.28. The fourth-order valence-electron chi connectivity index (χ4n) is 3.41. The number of carbonyl (C=O) groups excluding carboxylic acids is 2. The minimum atomic E-state index is -3.40. The van der Waals surface area contributed by atoms with Gasteiger partial charge in [0.1, 0.15) is 11.9 Å². The number of halogens is 1. The maximum atomic E-state index is 13.0. The van der Waals surface area contributed by atoms with Crippen molar-refractivity contribution in [3.63, 3.8) is 0 Å². The molecular formula is C23H28FN3O4S2. The SMILES string of the molecule is CC(C)NS(=O)(=O)Cc1ccc(CNC(=O)[C@H]2CS[C@@H](Cc3ccc(F)cc3)C(=O)N2)cc1. The molecule has 0 aliphatic carbocycles. The number of hydrogen-bond donors (Lipinski definition) is 3. The van der Waals surface area contributed by atoms with Gasteiger partial charge in [-0.3, -0.25) is 9.59 Å². The molecule has 0 unspecified atom stereocenters. The molecule has 1 fully saturated rings. The Kier molecular flexibility index (Phi) is 8.50. The molecule has 2 aromatic rings. The van der Waals surface area contributed by atoms with Crippen LogP contribution in [0.2, 0.25) is 0 Å². The Morgan fingerprint density at radius 3 is 2.30 bits per heavy atom. The van der Waals surface area contributed by atoms with Crippen LogP contribution in [0.5, 0.6) is 0 Å². The normalized spacial score (nSPS) is 18.7. The number of thioether (sulfide) groups is 1. The van der Waals surface area contributed by atoms with Crippen LogP contribution < -0.4 is 15.4 Å². The summed E-state index contributed by atoms with van der Waals surface area (Å²) in [6.45, 7) is 3.80. The molecule has 3 rings (SSSR count). The number of carbonyl (C=O) groups is 2. The lowest BCUT2D eigenvalue weighted by Gasteiger charge is -2.28. The fraction of sp³-hybridized carbons (Fsp3) is 0.391. The van der Waals surface area contributed by atoms with Gasteiger partial charge >= 0.3 is 0 Å². The lowest BCUT2D eigenvalue weighted by Crippen LogP contribution is -2.54. The van der Waals surface area contributed by atoms with Gasteiger partial charge in [0.25, 0.3) is 0 Å². The highest BCUT2D eigenvalue weighted by molar-refractivity contribution is 8.00. The summed E-state index contributed by atoms with van der Waals surface area (Å²) in [6, 6.07) is 12.2. The largest absolute Gasteiger partial charge is 0.350 e. The van der Waals surface area contributed by atoms with Gasteiger partial charge in [0, 0.05) is 18.3 Å². The van der Waals surface area contributed by atoms with Crippen LogP contribution in [0.25, 0.3) is 0 Å². The monoisotopic (exact) mass is 493 g/mol. The van der Waals surface area contributed by atoms with E-state index in [0.717, 1.165) is 11.1 Å². The molecule has 1 aliphatic rings. The average Bonchev–Trinajstić information content (AvgIpc) is 2.74. The Labute approximate surface area is 198 Å². The molecule has 0 aromatic heterocycles. The van der Waals surface area contributed by atoms with Crippen LogP contribution in [-0.2, 0) is 38.3 Å². The Bertz CT molecular complexity index is 1070. The van der Waals surface area contributed by atoms with Gasteiger partial charge in [0.15, 0.2) is 0 Å². The first-order valence-electron chi connectivity index (χ1n) is 10.6. The fourth-order valence-corrected chi connectivity index (χ4v) is 6.03. The van der Waals surface area contributed by atoms with Gasteiger partial charge in [-0.15, -0.1) is 11.8 Å². The van der Waals surface area contributed by atoms with E-state index in [-0.39, 0.29) is 41.2 Å². The van der Waals surface area contributed by atoms with Gasteiger partial charge in [-0.25, -0.2) is 17.5 Å². The van der Waals surface area contributed by atoms with Crippen LogP contribution in [0, 0.1) is 5.82 Å². The molecule has 10 heteroatoms. The van der Waals surface area contributed by atoms with Gasteiger partial charge in [-0.2, -0.15) is 0 Å². The molecule has 2 aromatic carbocycles. The highest BCUT2D eigenvalue weighted by atomic mass is 32.2. The maximum Gasteiger partial charge on any atom is 0.243 e. The molecule has 7 nitrogen and oxygen atoms in total. The Hall–Kier alpha value is -2.43. The first-order chi connectivity index (χ1) is 15.6.